The van der Waals surface area contributed by atoms with E-state index in [-0.39, 0.29) is 12.0 Å². The van der Waals surface area contributed by atoms with Gasteiger partial charge in [-0.1, -0.05) is 31.4 Å². The minimum Gasteiger partial charge on any atom is -0.468 e. The lowest BCUT2D eigenvalue weighted by atomic mass is 9.97. The number of methoxy groups -OCH3 is 1. The van der Waals surface area contributed by atoms with Crippen molar-refractivity contribution >= 4 is 5.97 Å². The van der Waals surface area contributed by atoms with Gasteiger partial charge in [0.2, 0.25) is 0 Å². The van der Waals surface area contributed by atoms with Crippen LogP contribution in [0.5, 0.6) is 0 Å². The fraction of sp³-hybridized carbons (Fsp3) is 0.800. The molecule has 0 fully saturated rings. The van der Waals surface area contributed by atoms with Crippen molar-refractivity contribution in [1.29, 1.82) is 0 Å². The summed E-state index contributed by atoms with van der Waals surface area (Å²) in [6.45, 7) is 3.02. The van der Waals surface area contributed by atoms with E-state index in [1.165, 1.54) is 32.8 Å². The van der Waals surface area contributed by atoms with Crippen molar-refractivity contribution in [3.05, 3.63) is 11.6 Å². The van der Waals surface area contributed by atoms with Gasteiger partial charge in [0.15, 0.2) is 0 Å². The van der Waals surface area contributed by atoms with Gasteiger partial charge in [0.25, 0.3) is 0 Å². The molecule has 1 N–H and O–H groups in total. The highest BCUT2D eigenvalue weighted by atomic mass is 16.5. The zero-order valence-corrected chi connectivity index (χ0v) is 11.8. The summed E-state index contributed by atoms with van der Waals surface area (Å²) in [5.74, 6) is -0.124. The lowest BCUT2D eigenvalue weighted by Crippen LogP contribution is -2.38. The fourth-order valence-corrected chi connectivity index (χ4v) is 2.39. The average Bonchev–Trinajstić information content (AvgIpc) is 2.43. The van der Waals surface area contributed by atoms with E-state index in [0.29, 0.717) is 0 Å². The van der Waals surface area contributed by atoms with E-state index >= 15 is 0 Å². The predicted molar refractivity (Wildman–Crippen MR) is 74.5 cm³/mol. The Kier molecular flexibility index (Phi) is 7.74. The summed E-state index contributed by atoms with van der Waals surface area (Å²) in [5, 5.41) is 3.34. The van der Waals surface area contributed by atoms with E-state index in [4.69, 9.17) is 4.74 Å². The highest BCUT2D eigenvalue weighted by Gasteiger charge is 2.17. The lowest BCUT2D eigenvalue weighted by Gasteiger charge is -2.18. The molecule has 0 amide bonds. The number of rotatable bonds is 8. The zero-order chi connectivity index (χ0) is 13.2. The molecule has 0 spiro atoms. The third-order valence-electron chi connectivity index (χ3n) is 3.55. The van der Waals surface area contributed by atoms with Crippen molar-refractivity contribution in [2.75, 3.05) is 13.7 Å². The Balaban J connectivity index is 2.27. The van der Waals surface area contributed by atoms with Crippen molar-refractivity contribution in [3.8, 4) is 0 Å². The molecule has 0 saturated heterocycles. The maximum Gasteiger partial charge on any atom is 0.322 e. The molecule has 3 heteroatoms. The molecule has 104 valence electrons. The van der Waals surface area contributed by atoms with E-state index in [2.05, 4.69) is 18.3 Å². The normalized spacial score (nSPS) is 17.1. The van der Waals surface area contributed by atoms with Gasteiger partial charge >= 0.3 is 5.97 Å². The zero-order valence-electron chi connectivity index (χ0n) is 11.8. The molecule has 1 aliphatic rings. The van der Waals surface area contributed by atoms with Gasteiger partial charge < -0.3 is 10.1 Å². The Labute approximate surface area is 111 Å². The summed E-state index contributed by atoms with van der Waals surface area (Å²) >= 11 is 0. The third-order valence-corrected chi connectivity index (χ3v) is 3.55. The molecule has 1 rings (SSSR count). The Morgan fingerprint density at radius 2 is 2.33 bits per heavy atom. The van der Waals surface area contributed by atoms with Gasteiger partial charge in [-0.2, -0.15) is 0 Å². The SMILES string of the molecule is CCCCC(NCCC1=CCCCC1)C(=O)OC. The molecule has 1 atom stereocenters. The molecule has 0 heterocycles. The highest BCUT2D eigenvalue weighted by Crippen LogP contribution is 2.19. The average molecular weight is 253 g/mol. The number of nitrogens with one attached hydrogen (secondary N) is 1. The molecule has 3 nitrogen and oxygen atoms in total. The number of carbonyl (C=O) groups is 1. The quantitative estimate of drug-likeness (QED) is 0.533. The smallest absolute Gasteiger partial charge is 0.322 e. The Hall–Kier alpha value is -0.830. The van der Waals surface area contributed by atoms with Gasteiger partial charge in [-0.15, -0.1) is 0 Å². The van der Waals surface area contributed by atoms with Crippen molar-refractivity contribution in [1.82, 2.24) is 5.32 Å². The summed E-state index contributed by atoms with van der Waals surface area (Å²) < 4.78 is 4.84. The fourth-order valence-electron chi connectivity index (χ4n) is 2.39. The number of carbonyl (C=O) groups excluding carboxylic acids is 1. The molecule has 0 aromatic rings. The first-order valence-corrected chi connectivity index (χ1v) is 7.27. The van der Waals surface area contributed by atoms with Crippen LogP contribution in [0.15, 0.2) is 11.6 Å². The van der Waals surface area contributed by atoms with Crippen LogP contribution < -0.4 is 5.32 Å². The number of hydrogen-bond donors (Lipinski definition) is 1. The van der Waals surface area contributed by atoms with Crippen LogP contribution in [0.4, 0.5) is 0 Å². The molecule has 0 aromatic heterocycles. The summed E-state index contributed by atoms with van der Waals surface area (Å²) in [5.41, 5.74) is 1.55. The molecular weight excluding hydrogens is 226 g/mol. The molecule has 1 aliphatic carbocycles. The monoisotopic (exact) mass is 253 g/mol. The lowest BCUT2D eigenvalue weighted by molar-refractivity contribution is -0.143. The van der Waals surface area contributed by atoms with E-state index in [9.17, 15) is 4.79 Å². The molecular formula is C15H27NO2. The van der Waals surface area contributed by atoms with Crippen molar-refractivity contribution in [2.45, 2.75) is 64.3 Å². The summed E-state index contributed by atoms with van der Waals surface area (Å²) in [4.78, 5) is 11.6. The van der Waals surface area contributed by atoms with Gasteiger partial charge in [0, 0.05) is 0 Å². The molecule has 0 aliphatic heterocycles. The van der Waals surface area contributed by atoms with Gasteiger partial charge in [0.1, 0.15) is 6.04 Å². The van der Waals surface area contributed by atoms with Crippen molar-refractivity contribution in [2.24, 2.45) is 0 Å². The first-order valence-electron chi connectivity index (χ1n) is 7.27. The van der Waals surface area contributed by atoms with Crippen molar-refractivity contribution < 1.29 is 9.53 Å². The standard InChI is InChI=1S/C15H27NO2/c1-3-4-10-14(15(17)18-2)16-12-11-13-8-6-5-7-9-13/h8,14,16H,3-7,9-12H2,1-2H3. The van der Waals surface area contributed by atoms with Gasteiger partial charge in [-0.3, -0.25) is 4.79 Å². The predicted octanol–water partition coefficient (Wildman–Crippen LogP) is 3.20. The van der Waals surface area contributed by atoms with Crippen LogP contribution in [0, 0.1) is 0 Å². The van der Waals surface area contributed by atoms with Gasteiger partial charge in [0.05, 0.1) is 7.11 Å². The van der Waals surface area contributed by atoms with Crippen LogP contribution >= 0.6 is 0 Å². The first-order chi connectivity index (χ1) is 8.77. The van der Waals surface area contributed by atoms with Crippen molar-refractivity contribution in [3.63, 3.8) is 0 Å². The minimum absolute atomic E-state index is 0.124. The molecule has 0 bridgehead atoms. The number of allylic oxidation sites excluding steroid dienone is 1. The molecule has 18 heavy (non-hydrogen) atoms. The summed E-state index contributed by atoms with van der Waals surface area (Å²) in [6, 6.07) is -0.126. The Morgan fingerprint density at radius 1 is 1.50 bits per heavy atom. The van der Waals surface area contributed by atoms with Gasteiger partial charge in [-0.05, 0) is 45.1 Å². The minimum atomic E-state index is -0.126. The molecule has 0 aromatic carbocycles. The molecule has 0 saturated carbocycles. The second-order valence-electron chi connectivity index (χ2n) is 5.03. The second kappa shape index (κ2) is 9.15. The number of hydrogen-bond acceptors (Lipinski definition) is 3. The second-order valence-corrected chi connectivity index (χ2v) is 5.03. The highest BCUT2D eigenvalue weighted by molar-refractivity contribution is 5.75. The third kappa shape index (κ3) is 5.67. The van der Waals surface area contributed by atoms with Crippen LogP contribution in [-0.4, -0.2) is 25.7 Å². The van der Waals surface area contributed by atoms with E-state index in [0.717, 1.165) is 32.2 Å². The Morgan fingerprint density at radius 3 is 2.94 bits per heavy atom. The van der Waals surface area contributed by atoms with Gasteiger partial charge in [-0.25, -0.2) is 0 Å². The van der Waals surface area contributed by atoms with E-state index in [1.54, 1.807) is 5.57 Å². The van der Waals surface area contributed by atoms with Crippen LogP contribution in [0.2, 0.25) is 0 Å². The first kappa shape index (κ1) is 15.2. The summed E-state index contributed by atoms with van der Waals surface area (Å²) in [7, 11) is 1.46. The number of unbranched alkanes of at least 4 members (excludes halogenated alkanes) is 1. The topological polar surface area (TPSA) is 38.3 Å². The van der Waals surface area contributed by atoms with Crippen LogP contribution in [-0.2, 0) is 9.53 Å². The van der Waals surface area contributed by atoms with E-state index in [1.807, 2.05) is 0 Å². The van der Waals surface area contributed by atoms with Crippen LogP contribution in [0.3, 0.4) is 0 Å². The summed E-state index contributed by atoms with van der Waals surface area (Å²) in [6.07, 6.45) is 11.6. The largest absolute Gasteiger partial charge is 0.468 e. The van der Waals surface area contributed by atoms with Crippen LogP contribution in [0.1, 0.15) is 58.3 Å². The number of ether oxygens (including phenoxy) is 1. The maximum atomic E-state index is 11.6. The number of esters is 1. The molecule has 0 radical (unpaired) electrons. The Bertz CT molecular complexity index is 274. The molecule has 1 unspecified atom stereocenters. The maximum absolute atomic E-state index is 11.6. The van der Waals surface area contributed by atoms with E-state index < -0.39 is 0 Å². The van der Waals surface area contributed by atoms with Crippen LogP contribution in [0.25, 0.3) is 0 Å².